The van der Waals surface area contributed by atoms with Crippen LogP contribution in [-0.4, -0.2) is 63.6 Å². The molecular formula is C26H35N5O2. The number of rotatable bonds is 8. The number of aromatic nitrogens is 3. The summed E-state index contributed by atoms with van der Waals surface area (Å²) in [6, 6.07) is 8.30. The van der Waals surface area contributed by atoms with Crippen LogP contribution in [0.15, 0.2) is 34.9 Å². The van der Waals surface area contributed by atoms with Crippen LogP contribution < -0.4 is 0 Å². The van der Waals surface area contributed by atoms with Crippen molar-refractivity contribution in [3.8, 4) is 0 Å². The van der Waals surface area contributed by atoms with E-state index >= 15 is 0 Å². The molecule has 0 bridgehead atoms. The van der Waals surface area contributed by atoms with Crippen molar-refractivity contribution in [2.24, 2.45) is 5.92 Å². The highest BCUT2D eigenvalue weighted by Gasteiger charge is 2.26. The van der Waals surface area contributed by atoms with Gasteiger partial charge < -0.3 is 19.2 Å². The first-order valence-corrected chi connectivity index (χ1v) is 12.6. The molecule has 1 N–H and O–H groups in total. The van der Waals surface area contributed by atoms with Gasteiger partial charge in [-0.05, 0) is 62.7 Å². The number of carbonyl (C=O) groups is 1. The van der Waals surface area contributed by atoms with E-state index in [4.69, 9.17) is 4.42 Å². The summed E-state index contributed by atoms with van der Waals surface area (Å²) in [5.41, 5.74) is 2.40. The van der Waals surface area contributed by atoms with Crippen LogP contribution in [0.25, 0.3) is 10.9 Å². The molecule has 33 heavy (non-hydrogen) atoms. The summed E-state index contributed by atoms with van der Waals surface area (Å²) in [5, 5.41) is 9.63. The highest BCUT2D eigenvalue weighted by Crippen LogP contribution is 2.22. The van der Waals surface area contributed by atoms with Crippen molar-refractivity contribution in [3.63, 3.8) is 0 Å². The van der Waals surface area contributed by atoms with E-state index < -0.39 is 0 Å². The minimum Gasteiger partial charge on any atom is -0.425 e. The van der Waals surface area contributed by atoms with Gasteiger partial charge in [-0.1, -0.05) is 24.6 Å². The molecule has 176 valence electrons. The Bertz CT molecular complexity index is 1050. The summed E-state index contributed by atoms with van der Waals surface area (Å²) in [4.78, 5) is 20.8. The number of fused-ring (bicyclic) bond motifs is 1. The molecule has 4 heterocycles. The molecule has 2 aliphatic rings. The smallest absolute Gasteiger partial charge is 0.223 e. The highest BCUT2D eigenvalue weighted by atomic mass is 16.4. The zero-order valence-electron chi connectivity index (χ0n) is 19.5. The molecule has 0 spiro atoms. The Labute approximate surface area is 195 Å². The van der Waals surface area contributed by atoms with Crippen LogP contribution in [0.5, 0.6) is 0 Å². The van der Waals surface area contributed by atoms with Crippen molar-refractivity contribution in [3.05, 3.63) is 47.8 Å². The fourth-order valence-electron chi connectivity index (χ4n) is 5.39. The van der Waals surface area contributed by atoms with E-state index in [0.29, 0.717) is 37.0 Å². The monoisotopic (exact) mass is 449 g/mol. The lowest BCUT2D eigenvalue weighted by molar-refractivity contribution is -0.133. The van der Waals surface area contributed by atoms with Gasteiger partial charge in [-0.2, -0.15) is 0 Å². The van der Waals surface area contributed by atoms with Gasteiger partial charge >= 0.3 is 0 Å². The van der Waals surface area contributed by atoms with Gasteiger partial charge in [0.05, 0.1) is 0 Å². The molecule has 7 heteroatoms. The maximum atomic E-state index is 12.8. The van der Waals surface area contributed by atoms with E-state index in [9.17, 15) is 4.79 Å². The first-order valence-electron chi connectivity index (χ1n) is 12.6. The van der Waals surface area contributed by atoms with Crippen LogP contribution in [0, 0.1) is 5.92 Å². The van der Waals surface area contributed by atoms with Crippen molar-refractivity contribution < 1.29 is 9.21 Å². The molecule has 1 aromatic carbocycles. The minimum atomic E-state index is 0.219. The van der Waals surface area contributed by atoms with E-state index in [-0.39, 0.29) is 5.91 Å². The minimum absolute atomic E-state index is 0.219. The number of hydrogen-bond acceptors (Lipinski definition) is 5. The van der Waals surface area contributed by atoms with Gasteiger partial charge in [-0.15, -0.1) is 10.2 Å². The van der Waals surface area contributed by atoms with Crippen molar-refractivity contribution in [1.29, 1.82) is 0 Å². The maximum absolute atomic E-state index is 12.8. The van der Waals surface area contributed by atoms with Gasteiger partial charge in [-0.3, -0.25) is 4.79 Å². The normalized spacial score (nSPS) is 19.9. The Balaban J connectivity index is 1.08. The number of nitrogens with zero attached hydrogens (tertiary/aromatic N) is 4. The average Bonchev–Trinajstić information content (AvgIpc) is 3.49. The Kier molecular flexibility index (Phi) is 7.05. The number of likely N-dealkylation sites (tertiary alicyclic amines) is 2. The third kappa shape index (κ3) is 5.64. The summed E-state index contributed by atoms with van der Waals surface area (Å²) < 4.78 is 5.84. The quantitative estimate of drug-likeness (QED) is 0.563. The molecule has 0 aliphatic carbocycles. The molecule has 0 radical (unpaired) electrons. The van der Waals surface area contributed by atoms with Crippen molar-refractivity contribution in [2.45, 2.75) is 57.8 Å². The predicted octanol–water partition coefficient (Wildman–Crippen LogP) is 3.99. The van der Waals surface area contributed by atoms with Gasteiger partial charge in [-0.25, -0.2) is 0 Å². The molecule has 1 amide bonds. The molecule has 2 saturated heterocycles. The Hall–Kier alpha value is -2.67. The summed E-state index contributed by atoms with van der Waals surface area (Å²) in [6.45, 7) is 5.38. The Morgan fingerprint density at radius 2 is 1.82 bits per heavy atom. The fraction of sp³-hybridized carbons (Fsp3) is 0.577. The summed E-state index contributed by atoms with van der Waals surface area (Å²) >= 11 is 0. The van der Waals surface area contributed by atoms with Crippen LogP contribution in [0.2, 0.25) is 0 Å². The van der Waals surface area contributed by atoms with Crippen LogP contribution in [0.3, 0.4) is 0 Å². The topological polar surface area (TPSA) is 78.3 Å². The Morgan fingerprint density at radius 3 is 2.70 bits per heavy atom. The lowest BCUT2D eigenvalue weighted by Gasteiger charge is -2.37. The third-order valence-corrected chi connectivity index (χ3v) is 7.18. The van der Waals surface area contributed by atoms with Crippen molar-refractivity contribution in [2.75, 3.05) is 32.7 Å². The van der Waals surface area contributed by atoms with Crippen LogP contribution in [0.4, 0.5) is 0 Å². The average molecular weight is 450 g/mol. The third-order valence-electron chi connectivity index (χ3n) is 7.18. The molecule has 0 saturated carbocycles. The maximum Gasteiger partial charge on any atom is 0.223 e. The van der Waals surface area contributed by atoms with E-state index in [2.05, 4.69) is 49.4 Å². The number of carbonyl (C=O) groups excluding carboxylic acids is 1. The second kappa shape index (κ2) is 10.5. The summed E-state index contributed by atoms with van der Waals surface area (Å²) in [5.74, 6) is 2.04. The molecule has 0 unspecified atom stereocenters. The van der Waals surface area contributed by atoms with E-state index in [1.54, 1.807) is 0 Å². The molecule has 1 atom stereocenters. The van der Waals surface area contributed by atoms with Gasteiger partial charge in [0.25, 0.3) is 0 Å². The second-order valence-corrected chi connectivity index (χ2v) is 9.66. The van der Waals surface area contributed by atoms with E-state index in [1.165, 1.54) is 49.7 Å². The number of piperidine rings is 2. The molecule has 5 rings (SSSR count). The summed E-state index contributed by atoms with van der Waals surface area (Å²) in [7, 11) is 0. The molecule has 2 aromatic heterocycles. The number of amides is 1. The lowest BCUT2D eigenvalue weighted by Crippen LogP contribution is -2.44. The number of benzene rings is 1. The van der Waals surface area contributed by atoms with Crippen LogP contribution >= 0.6 is 0 Å². The van der Waals surface area contributed by atoms with Gasteiger partial charge in [0, 0.05) is 56.0 Å². The van der Waals surface area contributed by atoms with Gasteiger partial charge in [0.2, 0.25) is 17.7 Å². The zero-order valence-corrected chi connectivity index (χ0v) is 19.5. The molecule has 2 fully saturated rings. The number of hydrogen-bond donors (Lipinski definition) is 1. The number of aryl methyl sites for hydroxylation is 3. The van der Waals surface area contributed by atoms with E-state index in [1.807, 2.05) is 6.07 Å². The van der Waals surface area contributed by atoms with Gasteiger partial charge in [0.1, 0.15) is 0 Å². The standard InChI is InChI=1S/C26H35N5O2/c32-26(31-16-6-7-20(19-31)18-30-14-4-1-5-15-30)13-12-25-29-28-24(33-25)11-10-21-17-27-23-9-3-2-8-22(21)23/h2-3,8-9,17,20,27H,1,4-7,10-16,18-19H2/t20-/m1/s1. The number of aromatic amines is 1. The first-order chi connectivity index (χ1) is 16.2. The fourth-order valence-corrected chi connectivity index (χ4v) is 5.39. The van der Waals surface area contributed by atoms with Gasteiger partial charge in [0.15, 0.2) is 0 Å². The van der Waals surface area contributed by atoms with Crippen molar-refractivity contribution >= 4 is 16.8 Å². The zero-order chi connectivity index (χ0) is 22.5. The van der Waals surface area contributed by atoms with E-state index in [0.717, 1.165) is 38.0 Å². The van der Waals surface area contributed by atoms with Crippen LogP contribution in [-0.2, 0) is 24.1 Å². The largest absolute Gasteiger partial charge is 0.425 e. The van der Waals surface area contributed by atoms with Crippen LogP contribution in [0.1, 0.15) is 55.9 Å². The number of nitrogens with one attached hydrogen (secondary N) is 1. The second-order valence-electron chi connectivity index (χ2n) is 9.66. The molecule has 2 aliphatic heterocycles. The lowest BCUT2D eigenvalue weighted by atomic mass is 9.96. The summed E-state index contributed by atoms with van der Waals surface area (Å²) in [6.07, 6.45) is 10.9. The van der Waals surface area contributed by atoms with Crippen molar-refractivity contribution in [1.82, 2.24) is 25.0 Å². The predicted molar refractivity (Wildman–Crippen MR) is 128 cm³/mol. The SMILES string of the molecule is O=C(CCc1nnc(CCc2c[nH]c3ccccc23)o1)N1CCC[C@H](CN2CCCCC2)C1. The number of H-pyrrole nitrogens is 1. The molecular weight excluding hydrogens is 414 g/mol. The highest BCUT2D eigenvalue weighted by molar-refractivity contribution is 5.83. The molecule has 7 nitrogen and oxygen atoms in total. The molecule has 3 aromatic rings. The first kappa shape index (κ1) is 22.1. The Morgan fingerprint density at radius 1 is 1.00 bits per heavy atom. The number of para-hydroxylation sites is 1.